The second kappa shape index (κ2) is 6.02. The Labute approximate surface area is 118 Å². The lowest BCUT2D eigenvalue weighted by atomic mass is 10.3. The molecule has 0 spiro atoms. The summed E-state index contributed by atoms with van der Waals surface area (Å²) in [5, 5.41) is 0.306. The monoisotopic (exact) mass is 328 g/mol. The molecule has 2 rings (SSSR count). The molecule has 0 radical (unpaired) electrons. The van der Waals surface area contributed by atoms with Crippen molar-refractivity contribution in [2.75, 3.05) is 6.61 Å². The highest BCUT2D eigenvalue weighted by molar-refractivity contribution is 9.10. The number of halogens is 2. The molecule has 0 bridgehead atoms. The van der Waals surface area contributed by atoms with Gasteiger partial charge in [0.15, 0.2) is 5.15 Å². The van der Waals surface area contributed by atoms with Gasteiger partial charge >= 0.3 is 0 Å². The topological polar surface area (TPSA) is 44.2 Å². The van der Waals surface area contributed by atoms with Crippen LogP contribution in [-0.4, -0.2) is 16.6 Å². The Morgan fingerprint density at radius 3 is 2.83 bits per heavy atom. The van der Waals surface area contributed by atoms with Crippen molar-refractivity contribution in [2.24, 2.45) is 0 Å². The van der Waals surface area contributed by atoms with Crippen molar-refractivity contribution in [3.63, 3.8) is 0 Å². The van der Waals surface area contributed by atoms with Crippen LogP contribution in [0, 0.1) is 0 Å². The van der Waals surface area contributed by atoms with E-state index in [1.165, 1.54) is 6.33 Å². The van der Waals surface area contributed by atoms with Gasteiger partial charge in [0.2, 0.25) is 5.88 Å². The smallest absolute Gasteiger partial charge is 0.238 e. The van der Waals surface area contributed by atoms with E-state index in [2.05, 4.69) is 25.9 Å². The maximum atomic E-state index is 5.86. The fraction of sp³-hybridized carbons (Fsp3) is 0.167. The number of hydrogen-bond acceptors (Lipinski definition) is 4. The Morgan fingerprint density at radius 2 is 2.06 bits per heavy atom. The molecule has 0 unspecified atom stereocenters. The Kier molecular flexibility index (Phi) is 4.38. The van der Waals surface area contributed by atoms with E-state index in [0.717, 1.165) is 5.75 Å². The van der Waals surface area contributed by atoms with Crippen molar-refractivity contribution in [1.82, 2.24) is 9.97 Å². The molecule has 0 aliphatic carbocycles. The fourth-order valence-electron chi connectivity index (χ4n) is 1.31. The molecule has 4 nitrogen and oxygen atoms in total. The third-order valence-corrected chi connectivity index (χ3v) is 3.28. The molecular weight excluding hydrogens is 320 g/mol. The molecule has 1 aromatic carbocycles. The molecule has 0 N–H and O–H groups in total. The second-order valence-electron chi connectivity index (χ2n) is 3.29. The second-order valence-corrected chi connectivity index (χ2v) is 4.44. The molecule has 0 aliphatic heterocycles. The molecule has 1 aromatic heterocycles. The van der Waals surface area contributed by atoms with Crippen molar-refractivity contribution in [1.29, 1.82) is 0 Å². The summed E-state index contributed by atoms with van der Waals surface area (Å²) < 4.78 is 11.5. The van der Waals surface area contributed by atoms with E-state index in [9.17, 15) is 0 Å². The largest absolute Gasteiger partial charge is 0.494 e. The molecule has 0 aliphatic rings. The standard InChI is InChI=1S/C12H10BrClN2O2/c1-2-17-8-4-3-5-9(6-8)18-12-10(13)11(14)15-7-16-12/h3-7H,2H2,1H3. The minimum atomic E-state index is 0.306. The summed E-state index contributed by atoms with van der Waals surface area (Å²) in [6, 6.07) is 7.30. The number of aromatic nitrogens is 2. The van der Waals surface area contributed by atoms with E-state index in [-0.39, 0.29) is 0 Å². The van der Waals surface area contributed by atoms with Gasteiger partial charge in [-0.1, -0.05) is 17.7 Å². The van der Waals surface area contributed by atoms with Gasteiger partial charge in [-0.25, -0.2) is 9.97 Å². The van der Waals surface area contributed by atoms with Crippen LogP contribution in [0.5, 0.6) is 17.4 Å². The first-order valence-electron chi connectivity index (χ1n) is 5.27. The Morgan fingerprint density at radius 1 is 1.28 bits per heavy atom. The Bertz CT molecular complexity index is 551. The van der Waals surface area contributed by atoms with Gasteiger partial charge in [-0.05, 0) is 35.0 Å². The maximum Gasteiger partial charge on any atom is 0.238 e. The van der Waals surface area contributed by atoms with E-state index in [4.69, 9.17) is 21.1 Å². The molecule has 0 atom stereocenters. The zero-order valence-electron chi connectivity index (χ0n) is 9.56. The van der Waals surface area contributed by atoms with Crippen LogP contribution in [0.25, 0.3) is 0 Å². The van der Waals surface area contributed by atoms with E-state index in [1.807, 2.05) is 25.1 Å². The van der Waals surface area contributed by atoms with Crippen LogP contribution < -0.4 is 9.47 Å². The fourth-order valence-corrected chi connectivity index (χ4v) is 1.72. The van der Waals surface area contributed by atoms with E-state index in [1.54, 1.807) is 6.07 Å². The summed E-state index contributed by atoms with van der Waals surface area (Å²) in [6.45, 7) is 2.53. The van der Waals surface area contributed by atoms with Crippen LogP contribution in [0.1, 0.15) is 6.92 Å². The van der Waals surface area contributed by atoms with Crippen LogP contribution in [0.4, 0.5) is 0 Å². The van der Waals surface area contributed by atoms with Gasteiger partial charge in [0.05, 0.1) is 6.61 Å². The van der Waals surface area contributed by atoms with E-state index in [0.29, 0.717) is 27.9 Å². The van der Waals surface area contributed by atoms with Gasteiger partial charge in [-0.2, -0.15) is 0 Å². The highest BCUT2D eigenvalue weighted by Gasteiger charge is 2.09. The zero-order chi connectivity index (χ0) is 13.0. The van der Waals surface area contributed by atoms with Crippen LogP contribution in [-0.2, 0) is 0 Å². The number of benzene rings is 1. The first kappa shape index (κ1) is 13.1. The molecule has 0 saturated carbocycles. The molecule has 0 saturated heterocycles. The van der Waals surface area contributed by atoms with Crippen LogP contribution in [0.15, 0.2) is 35.1 Å². The normalized spacial score (nSPS) is 10.2. The highest BCUT2D eigenvalue weighted by atomic mass is 79.9. The van der Waals surface area contributed by atoms with Gasteiger partial charge in [0.1, 0.15) is 22.3 Å². The van der Waals surface area contributed by atoms with Crippen molar-refractivity contribution in [3.05, 3.63) is 40.2 Å². The van der Waals surface area contributed by atoms with E-state index >= 15 is 0 Å². The quantitative estimate of drug-likeness (QED) is 0.793. The lowest BCUT2D eigenvalue weighted by Crippen LogP contribution is -1.94. The number of hydrogen-bond donors (Lipinski definition) is 0. The number of rotatable bonds is 4. The molecule has 0 fully saturated rings. The lowest BCUT2D eigenvalue weighted by molar-refractivity contribution is 0.338. The highest BCUT2D eigenvalue weighted by Crippen LogP contribution is 2.32. The molecule has 94 valence electrons. The Balaban J connectivity index is 2.23. The molecule has 2 aromatic rings. The third kappa shape index (κ3) is 3.11. The predicted octanol–water partition coefficient (Wildman–Crippen LogP) is 4.08. The van der Waals surface area contributed by atoms with E-state index < -0.39 is 0 Å². The van der Waals surface area contributed by atoms with Gasteiger partial charge in [0, 0.05) is 6.07 Å². The molecule has 18 heavy (non-hydrogen) atoms. The third-order valence-electron chi connectivity index (χ3n) is 2.05. The van der Waals surface area contributed by atoms with Crippen molar-refractivity contribution in [2.45, 2.75) is 6.92 Å². The Hall–Kier alpha value is -1.33. The summed E-state index contributed by atoms with van der Waals surface area (Å²) in [4.78, 5) is 7.84. The molecular formula is C12H10BrClN2O2. The van der Waals surface area contributed by atoms with Crippen molar-refractivity contribution >= 4 is 27.5 Å². The number of nitrogens with zero attached hydrogens (tertiary/aromatic N) is 2. The summed E-state index contributed by atoms with van der Waals surface area (Å²) >= 11 is 9.13. The molecule has 1 heterocycles. The summed E-state index contributed by atoms with van der Waals surface area (Å²) in [6.07, 6.45) is 1.34. The average Bonchev–Trinajstić information content (AvgIpc) is 2.36. The first-order chi connectivity index (χ1) is 8.70. The zero-order valence-corrected chi connectivity index (χ0v) is 11.9. The minimum Gasteiger partial charge on any atom is -0.494 e. The maximum absolute atomic E-state index is 5.86. The van der Waals surface area contributed by atoms with Crippen LogP contribution in [0.2, 0.25) is 5.15 Å². The van der Waals surface area contributed by atoms with Gasteiger partial charge < -0.3 is 9.47 Å². The minimum absolute atomic E-state index is 0.306. The van der Waals surface area contributed by atoms with Crippen molar-refractivity contribution in [3.8, 4) is 17.4 Å². The predicted molar refractivity (Wildman–Crippen MR) is 72.4 cm³/mol. The lowest BCUT2D eigenvalue weighted by Gasteiger charge is -2.08. The van der Waals surface area contributed by atoms with Crippen LogP contribution in [0.3, 0.4) is 0 Å². The summed E-state index contributed by atoms with van der Waals surface area (Å²) in [7, 11) is 0. The first-order valence-corrected chi connectivity index (χ1v) is 6.44. The molecule has 6 heteroatoms. The number of ether oxygens (including phenoxy) is 2. The van der Waals surface area contributed by atoms with Gasteiger partial charge in [0.25, 0.3) is 0 Å². The summed E-state index contributed by atoms with van der Waals surface area (Å²) in [5.41, 5.74) is 0. The van der Waals surface area contributed by atoms with Gasteiger partial charge in [-0.15, -0.1) is 0 Å². The van der Waals surface area contributed by atoms with Gasteiger partial charge in [-0.3, -0.25) is 0 Å². The summed E-state index contributed by atoms with van der Waals surface area (Å²) in [5.74, 6) is 1.73. The average molecular weight is 330 g/mol. The van der Waals surface area contributed by atoms with Crippen LogP contribution >= 0.6 is 27.5 Å². The SMILES string of the molecule is CCOc1cccc(Oc2ncnc(Cl)c2Br)c1. The van der Waals surface area contributed by atoms with Crippen molar-refractivity contribution < 1.29 is 9.47 Å². The molecule has 0 amide bonds.